The highest BCUT2D eigenvalue weighted by Gasteiger charge is 2.34. The van der Waals surface area contributed by atoms with Crippen molar-refractivity contribution in [2.75, 3.05) is 6.54 Å². The number of nitrogens with one attached hydrogen (secondary N) is 2. The average Bonchev–Trinajstić information content (AvgIpc) is 2.48. The fraction of sp³-hybridized carbons (Fsp3) is 0.500. The monoisotopic (exact) mass is 330 g/mol. The van der Waals surface area contributed by atoms with Crippen LogP contribution in [0.3, 0.4) is 0 Å². The second-order valence-corrected chi connectivity index (χ2v) is 8.19. The van der Waals surface area contributed by atoms with E-state index in [0.717, 1.165) is 6.42 Å². The molecule has 1 aromatic rings. The molecule has 1 saturated heterocycles. The summed E-state index contributed by atoms with van der Waals surface area (Å²) in [6, 6.07) is 5.10. The molecule has 1 fully saturated rings. The van der Waals surface area contributed by atoms with E-state index in [1.165, 1.54) is 24.3 Å². The van der Waals surface area contributed by atoms with Crippen molar-refractivity contribution >= 4 is 27.5 Å². The summed E-state index contributed by atoms with van der Waals surface area (Å²) in [5.41, 5.74) is -0.105. The smallest absolute Gasteiger partial charge is 0.241 e. The summed E-state index contributed by atoms with van der Waals surface area (Å²) >= 11 is 5.76. The molecule has 0 bridgehead atoms. The van der Waals surface area contributed by atoms with E-state index in [1.807, 2.05) is 13.8 Å². The fourth-order valence-corrected chi connectivity index (χ4v) is 3.68. The molecular formula is C14H19ClN2O3S. The van der Waals surface area contributed by atoms with E-state index >= 15 is 0 Å². The Morgan fingerprint density at radius 1 is 1.29 bits per heavy atom. The first-order chi connectivity index (χ1) is 9.70. The first-order valence-electron chi connectivity index (χ1n) is 6.75. The van der Waals surface area contributed by atoms with Gasteiger partial charge in [0.2, 0.25) is 15.9 Å². The topological polar surface area (TPSA) is 75.3 Å². The molecule has 1 aromatic carbocycles. The lowest BCUT2D eigenvalue weighted by atomic mass is 9.84. The molecule has 5 nitrogen and oxygen atoms in total. The number of amides is 1. The summed E-state index contributed by atoms with van der Waals surface area (Å²) in [7, 11) is -3.75. The third-order valence-corrected chi connectivity index (χ3v) is 5.34. The molecule has 2 rings (SSSR count). The third-order valence-electron chi connectivity index (χ3n) is 3.60. The van der Waals surface area contributed by atoms with Gasteiger partial charge < -0.3 is 5.32 Å². The molecule has 0 spiro atoms. The fourth-order valence-electron chi connectivity index (χ4n) is 2.36. The molecule has 1 aliphatic rings. The first-order valence-corrected chi connectivity index (χ1v) is 8.61. The number of hydrogen-bond donors (Lipinski definition) is 2. The standard InChI is InChI=1S/C14H19ClN2O3S/c1-14(2)7-8-16-13(18)12(9-14)17-21(19,20)11-5-3-10(15)4-6-11/h3-6,12,17H,7-9H2,1-2H3,(H,16,18). The van der Waals surface area contributed by atoms with Gasteiger partial charge >= 0.3 is 0 Å². The van der Waals surface area contributed by atoms with E-state index in [-0.39, 0.29) is 16.2 Å². The number of rotatable bonds is 3. The van der Waals surface area contributed by atoms with Crippen molar-refractivity contribution in [3.05, 3.63) is 29.3 Å². The third kappa shape index (κ3) is 4.18. The van der Waals surface area contributed by atoms with Gasteiger partial charge in [-0.2, -0.15) is 4.72 Å². The predicted octanol–water partition coefficient (Wildman–Crippen LogP) is 1.92. The quantitative estimate of drug-likeness (QED) is 0.889. The summed E-state index contributed by atoms with van der Waals surface area (Å²) in [5, 5.41) is 3.21. The highest BCUT2D eigenvalue weighted by Crippen LogP contribution is 2.29. The van der Waals surface area contributed by atoms with Gasteiger partial charge in [-0.1, -0.05) is 25.4 Å². The molecule has 1 aliphatic heterocycles. The molecule has 1 heterocycles. The summed E-state index contributed by atoms with van der Waals surface area (Å²) in [5.74, 6) is -0.280. The molecule has 0 aromatic heterocycles. The molecule has 1 unspecified atom stereocenters. The molecule has 0 radical (unpaired) electrons. The Bertz CT molecular complexity index is 626. The Hall–Kier alpha value is -1.11. The van der Waals surface area contributed by atoms with Crippen molar-refractivity contribution in [2.45, 2.75) is 37.6 Å². The van der Waals surface area contributed by atoms with Crippen LogP contribution in [0.1, 0.15) is 26.7 Å². The van der Waals surface area contributed by atoms with Gasteiger partial charge in [0.25, 0.3) is 0 Å². The van der Waals surface area contributed by atoms with Gasteiger partial charge in [0.1, 0.15) is 6.04 Å². The zero-order chi connectivity index (χ0) is 15.7. The van der Waals surface area contributed by atoms with Crippen LogP contribution in [0.25, 0.3) is 0 Å². The van der Waals surface area contributed by atoms with Crippen LogP contribution < -0.4 is 10.0 Å². The van der Waals surface area contributed by atoms with Gasteiger partial charge in [-0.3, -0.25) is 4.79 Å². The number of carbonyl (C=O) groups is 1. The van der Waals surface area contributed by atoms with Crippen LogP contribution in [0, 0.1) is 5.41 Å². The second kappa shape index (κ2) is 5.94. The maximum atomic E-state index is 12.3. The normalized spacial score (nSPS) is 22.4. The minimum Gasteiger partial charge on any atom is -0.355 e. The van der Waals surface area contributed by atoms with Crippen molar-refractivity contribution in [2.24, 2.45) is 5.41 Å². The van der Waals surface area contributed by atoms with E-state index in [2.05, 4.69) is 10.0 Å². The van der Waals surface area contributed by atoms with Crippen LogP contribution in [-0.4, -0.2) is 26.9 Å². The Labute approximate surface area is 130 Å². The molecule has 2 N–H and O–H groups in total. The van der Waals surface area contributed by atoms with Crippen LogP contribution in [0.15, 0.2) is 29.2 Å². The van der Waals surface area contributed by atoms with E-state index in [1.54, 1.807) is 0 Å². The molecule has 0 saturated carbocycles. The number of carbonyl (C=O) groups excluding carboxylic acids is 1. The largest absolute Gasteiger partial charge is 0.355 e. The van der Waals surface area contributed by atoms with Crippen LogP contribution in [0.2, 0.25) is 5.02 Å². The summed E-state index contributed by atoms with van der Waals surface area (Å²) in [6.07, 6.45) is 1.28. The lowest BCUT2D eigenvalue weighted by molar-refractivity contribution is -0.122. The Morgan fingerprint density at radius 2 is 1.90 bits per heavy atom. The van der Waals surface area contributed by atoms with Gasteiger partial charge in [-0.05, 0) is 42.5 Å². The van der Waals surface area contributed by atoms with Gasteiger partial charge in [0.15, 0.2) is 0 Å². The zero-order valence-corrected chi connectivity index (χ0v) is 13.6. The van der Waals surface area contributed by atoms with Gasteiger partial charge in [0, 0.05) is 11.6 Å². The number of benzene rings is 1. The number of hydrogen-bond acceptors (Lipinski definition) is 3. The lowest BCUT2D eigenvalue weighted by Gasteiger charge is -2.25. The first kappa shape index (κ1) is 16.3. The molecule has 0 aliphatic carbocycles. The molecule has 7 heteroatoms. The van der Waals surface area contributed by atoms with Gasteiger partial charge in [0.05, 0.1) is 4.90 Å². The van der Waals surface area contributed by atoms with Crippen LogP contribution in [0.4, 0.5) is 0 Å². The Balaban J connectivity index is 2.22. The molecule has 116 valence electrons. The van der Waals surface area contributed by atoms with Crippen LogP contribution >= 0.6 is 11.6 Å². The van der Waals surface area contributed by atoms with Crippen molar-refractivity contribution in [1.29, 1.82) is 0 Å². The summed E-state index contributed by atoms with van der Waals surface area (Å²) in [6.45, 7) is 4.61. The molecule has 21 heavy (non-hydrogen) atoms. The number of sulfonamides is 1. The van der Waals surface area contributed by atoms with Crippen molar-refractivity contribution in [3.8, 4) is 0 Å². The van der Waals surface area contributed by atoms with E-state index < -0.39 is 16.1 Å². The van der Waals surface area contributed by atoms with E-state index in [9.17, 15) is 13.2 Å². The van der Waals surface area contributed by atoms with Crippen molar-refractivity contribution in [3.63, 3.8) is 0 Å². The summed E-state index contributed by atoms with van der Waals surface area (Å²) in [4.78, 5) is 12.1. The average molecular weight is 331 g/mol. The Morgan fingerprint density at radius 3 is 2.52 bits per heavy atom. The molecule has 1 amide bonds. The highest BCUT2D eigenvalue weighted by atomic mass is 35.5. The van der Waals surface area contributed by atoms with Gasteiger partial charge in [-0.15, -0.1) is 0 Å². The molecule has 1 atom stereocenters. The molecular weight excluding hydrogens is 312 g/mol. The minimum atomic E-state index is -3.75. The van der Waals surface area contributed by atoms with Crippen LogP contribution in [-0.2, 0) is 14.8 Å². The van der Waals surface area contributed by atoms with Gasteiger partial charge in [-0.25, -0.2) is 8.42 Å². The van der Waals surface area contributed by atoms with Crippen LogP contribution in [0.5, 0.6) is 0 Å². The minimum absolute atomic E-state index is 0.0988. The lowest BCUT2D eigenvalue weighted by Crippen LogP contribution is -2.46. The number of halogens is 1. The summed E-state index contributed by atoms with van der Waals surface area (Å²) < 4.78 is 27.2. The Kier molecular flexibility index (Phi) is 4.60. The van der Waals surface area contributed by atoms with Crippen molar-refractivity contribution in [1.82, 2.24) is 10.0 Å². The SMILES string of the molecule is CC1(C)CCNC(=O)C(NS(=O)(=O)c2ccc(Cl)cc2)C1. The predicted molar refractivity (Wildman–Crippen MR) is 81.6 cm³/mol. The second-order valence-electron chi connectivity index (χ2n) is 6.04. The highest BCUT2D eigenvalue weighted by molar-refractivity contribution is 7.89. The maximum Gasteiger partial charge on any atom is 0.241 e. The zero-order valence-electron chi connectivity index (χ0n) is 12.0. The maximum absolute atomic E-state index is 12.3. The van der Waals surface area contributed by atoms with E-state index in [0.29, 0.717) is 18.0 Å². The van der Waals surface area contributed by atoms with E-state index in [4.69, 9.17) is 11.6 Å². The van der Waals surface area contributed by atoms with Crippen molar-refractivity contribution < 1.29 is 13.2 Å².